The van der Waals surface area contributed by atoms with Crippen molar-refractivity contribution in [2.75, 3.05) is 16.5 Å². The molecule has 0 bridgehead atoms. The number of nitrogens with zero attached hydrogens (tertiary/aromatic N) is 2. The lowest BCUT2D eigenvalue weighted by atomic mass is 10.3. The molecule has 2 amide bonds. The van der Waals surface area contributed by atoms with Crippen LogP contribution in [0.1, 0.15) is 0 Å². The average Bonchev–Trinajstić information content (AvgIpc) is 2.77. The van der Waals surface area contributed by atoms with Crippen LogP contribution in [0.3, 0.4) is 0 Å². The lowest BCUT2D eigenvalue weighted by molar-refractivity contribution is -0.133. The van der Waals surface area contributed by atoms with Crippen molar-refractivity contribution >= 4 is 23.2 Å². The third-order valence-corrected chi connectivity index (χ3v) is 3.09. The number of para-hydroxylation sites is 2. The fourth-order valence-electron chi connectivity index (χ4n) is 2.11. The molecule has 4 nitrogen and oxygen atoms in total. The Hall–Kier alpha value is -2.62. The highest BCUT2D eigenvalue weighted by atomic mass is 16.2. The number of hydrogen-bond donors (Lipinski definition) is 0. The zero-order chi connectivity index (χ0) is 13.2. The van der Waals surface area contributed by atoms with Gasteiger partial charge in [-0.05, 0) is 24.3 Å². The van der Waals surface area contributed by atoms with Crippen molar-refractivity contribution < 1.29 is 9.59 Å². The van der Waals surface area contributed by atoms with Gasteiger partial charge in [0.25, 0.3) is 0 Å². The van der Waals surface area contributed by atoms with E-state index in [1.165, 1.54) is 9.80 Å². The predicted molar refractivity (Wildman–Crippen MR) is 72.7 cm³/mol. The van der Waals surface area contributed by atoms with E-state index in [0.29, 0.717) is 0 Å². The minimum Gasteiger partial charge on any atom is -0.285 e. The summed E-state index contributed by atoms with van der Waals surface area (Å²) in [6, 6.07) is 18.4. The Bertz CT molecular complexity index is 555. The molecule has 1 heterocycles. The van der Waals surface area contributed by atoms with Gasteiger partial charge in [-0.2, -0.15) is 0 Å². The number of amides is 2. The van der Waals surface area contributed by atoms with Gasteiger partial charge in [0.05, 0.1) is 0 Å². The maximum Gasteiger partial charge on any atom is 0.318 e. The van der Waals surface area contributed by atoms with Crippen LogP contribution in [-0.2, 0) is 9.59 Å². The van der Waals surface area contributed by atoms with Gasteiger partial charge in [-0.1, -0.05) is 36.4 Å². The standard InChI is InChI=1S/C15H12N2O2/c18-14-15(19)17(13-9-5-2-6-10-13)11-16(14)12-7-3-1-4-8-12/h1-10H,11H2. The Kier molecular flexibility index (Phi) is 2.76. The van der Waals surface area contributed by atoms with Crippen LogP contribution in [-0.4, -0.2) is 18.5 Å². The fourth-order valence-corrected chi connectivity index (χ4v) is 2.11. The summed E-state index contributed by atoms with van der Waals surface area (Å²) in [5, 5.41) is 0. The van der Waals surface area contributed by atoms with Crippen molar-refractivity contribution in [2.45, 2.75) is 0 Å². The number of carbonyl (C=O) groups is 2. The summed E-state index contributed by atoms with van der Waals surface area (Å²) < 4.78 is 0. The lowest BCUT2D eigenvalue weighted by Gasteiger charge is -2.17. The SMILES string of the molecule is O=C1C(=O)N(c2ccccc2)CN1c1ccccc1. The minimum atomic E-state index is -0.491. The summed E-state index contributed by atoms with van der Waals surface area (Å²) in [4.78, 5) is 27.0. The molecule has 0 radical (unpaired) electrons. The van der Waals surface area contributed by atoms with Crippen molar-refractivity contribution in [3.8, 4) is 0 Å². The van der Waals surface area contributed by atoms with Crippen LogP contribution >= 0.6 is 0 Å². The smallest absolute Gasteiger partial charge is 0.285 e. The highest BCUT2D eigenvalue weighted by Crippen LogP contribution is 2.24. The molecule has 1 fully saturated rings. The summed E-state index contributed by atoms with van der Waals surface area (Å²) >= 11 is 0. The van der Waals surface area contributed by atoms with E-state index in [9.17, 15) is 9.59 Å². The first-order valence-corrected chi connectivity index (χ1v) is 6.01. The van der Waals surface area contributed by atoms with Crippen molar-refractivity contribution in [3.05, 3.63) is 60.7 Å². The molecule has 1 saturated heterocycles. The molecule has 0 spiro atoms. The second kappa shape index (κ2) is 4.57. The van der Waals surface area contributed by atoms with Crippen molar-refractivity contribution in [3.63, 3.8) is 0 Å². The van der Waals surface area contributed by atoms with Gasteiger partial charge in [-0.15, -0.1) is 0 Å². The minimum absolute atomic E-state index is 0.256. The average molecular weight is 252 g/mol. The van der Waals surface area contributed by atoms with Crippen LogP contribution in [0.4, 0.5) is 11.4 Å². The van der Waals surface area contributed by atoms with E-state index in [4.69, 9.17) is 0 Å². The first-order chi connectivity index (χ1) is 9.27. The van der Waals surface area contributed by atoms with Crippen LogP contribution in [0, 0.1) is 0 Å². The molecule has 4 heteroatoms. The Labute approximate surface area is 110 Å². The molecule has 0 aliphatic carbocycles. The van der Waals surface area contributed by atoms with Gasteiger partial charge in [0.1, 0.15) is 6.67 Å². The number of rotatable bonds is 2. The van der Waals surface area contributed by atoms with Gasteiger partial charge in [-0.25, -0.2) is 0 Å². The third-order valence-electron chi connectivity index (χ3n) is 3.09. The number of benzene rings is 2. The van der Waals surface area contributed by atoms with Crippen molar-refractivity contribution in [1.82, 2.24) is 0 Å². The van der Waals surface area contributed by atoms with Crippen LogP contribution in [0.5, 0.6) is 0 Å². The summed E-state index contributed by atoms with van der Waals surface area (Å²) in [7, 11) is 0. The van der Waals surface area contributed by atoms with Crippen molar-refractivity contribution in [1.29, 1.82) is 0 Å². The van der Waals surface area contributed by atoms with E-state index in [1.54, 1.807) is 0 Å². The van der Waals surface area contributed by atoms with E-state index >= 15 is 0 Å². The molecule has 0 unspecified atom stereocenters. The van der Waals surface area contributed by atoms with E-state index < -0.39 is 11.8 Å². The summed E-state index contributed by atoms with van der Waals surface area (Å²) in [6.07, 6.45) is 0. The largest absolute Gasteiger partial charge is 0.318 e. The summed E-state index contributed by atoms with van der Waals surface area (Å²) in [6.45, 7) is 0.256. The summed E-state index contributed by atoms with van der Waals surface area (Å²) in [5.74, 6) is -0.981. The van der Waals surface area contributed by atoms with Crippen LogP contribution in [0.15, 0.2) is 60.7 Å². The highest BCUT2D eigenvalue weighted by Gasteiger charge is 2.37. The predicted octanol–water partition coefficient (Wildman–Crippen LogP) is 2.02. The summed E-state index contributed by atoms with van der Waals surface area (Å²) in [5.41, 5.74) is 1.47. The Morgan fingerprint density at radius 3 is 1.37 bits per heavy atom. The molecule has 1 aliphatic heterocycles. The number of carbonyl (C=O) groups excluding carboxylic acids is 2. The molecule has 2 aromatic carbocycles. The monoisotopic (exact) mass is 252 g/mol. The second-order valence-corrected chi connectivity index (χ2v) is 4.28. The molecular weight excluding hydrogens is 240 g/mol. The zero-order valence-electron chi connectivity index (χ0n) is 10.2. The van der Waals surface area contributed by atoms with E-state index in [0.717, 1.165) is 11.4 Å². The normalized spacial score (nSPS) is 15.2. The van der Waals surface area contributed by atoms with Crippen molar-refractivity contribution in [2.24, 2.45) is 0 Å². The van der Waals surface area contributed by atoms with Gasteiger partial charge in [0.15, 0.2) is 0 Å². The molecule has 1 aliphatic rings. The Morgan fingerprint density at radius 2 is 1.00 bits per heavy atom. The zero-order valence-corrected chi connectivity index (χ0v) is 10.2. The molecule has 19 heavy (non-hydrogen) atoms. The van der Waals surface area contributed by atoms with Gasteiger partial charge >= 0.3 is 11.8 Å². The van der Waals surface area contributed by atoms with Gasteiger partial charge in [0, 0.05) is 11.4 Å². The molecule has 94 valence electrons. The maximum atomic E-state index is 12.0. The topological polar surface area (TPSA) is 40.6 Å². The maximum absolute atomic E-state index is 12.0. The highest BCUT2D eigenvalue weighted by molar-refractivity contribution is 6.47. The molecule has 2 aromatic rings. The number of anilines is 2. The van der Waals surface area contributed by atoms with Gasteiger partial charge < -0.3 is 0 Å². The number of hydrogen-bond acceptors (Lipinski definition) is 2. The van der Waals surface area contributed by atoms with Gasteiger partial charge in [-0.3, -0.25) is 19.4 Å². The third kappa shape index (κ3) is 1.97. The van der Waals surface area contributed by atoms with Gasteiger partial charge in [0.2, 0.25) is 0 Å². The molecule has 0 aromatic heterocycles. The first-order valence-electron chi connectivity index (χ1n) is 6.01. The Balaban J connectivity index is 1.92. The molecule has 0 atom stereocenters. The second-order valence-electron chi connectivity index (χ2n) is 4.28. The van der Waals surface area contributed by atoms with E-state index in [-0.39, 0.29) is 6.67 Å². The van der Waals surface area contributed by atoms with Crippen LogP contribution < -0.4 is 9.80 Å². The molecule has 0 N–H and O–H groups in total. The fraction of sp³-hybridized carbons (Fsp3) is 0.0667. The quantitative estimate of drug-likeness (QED) is 0.767. The molecule has 0 saturated carbocycles. The van der Waals surface area contributed by atoms with Crippen LogP contribution in [0.2, 0.25) is 0 Å². The van der Waals surface area contributed by atoms with Crippen LogP contribution in [0.25, 0.3) is 0 Å². The lowest BCUT2D eigenvalue weighted by Crippen LogP contribution is -2.26. The first kappa shape index (κ1) is 11.5. The Morgan fingerprint density at radius 1 is 0.632 bits per heavy atom. The van der Waals surface area contributed by atoms with E-state index in [1.807, 2.05) is 60.7 Å². The van der Waals surface area contributed by atoms with E-state index in [2.05, 4.69) is 0 Å². The molecular formula is C15H12N2O2. The molecule has 3 rings (SSSR count).